The normalized spacial score (nSPS) is 12.9. The summed E-state index contributed by atoms with van der Waals surface area (Å²) in [4.78, 5) is 25.5. The van der Waals surface area contributed by atoms with Crippen LogP contribution in [0, 0.1) is 0 Å². The van der Waals surface area contributed by atoms with E-state index in [9.17, 15) is 22.8 Å². The molecule has 1 amide bonds. The molecule has 0 saturated heterocycles. The van der Waals surface area contributed by atoms with Crippen molar-refractivity contribution in [2.24, 2.45) is 0 Å². The van der Waals surface area contributed by atoms with Crippen molar-refractivity contribution in [3.8, 4) is 0 Å². The van der Waals surface area contributed by atoms with Crippen molar-refractivity contribution in [2.45, 2.75) is 38.8 Å². The van der Waals surface area contributed by atoms with Crippen LogP contribution in [0.1, 0.15) is 53.4 Å². The Balaban J connectivity index is 2.61. The van der Waals surface area contributed by atoms with E-state index < -0.39 is 17.7 Å². The maximum absolute atomic E-state index is 13.4. The molecule has 27 heavy (non-hydrogen) atoms. The van der Waals surface area contributed by atoms with Gasteiger partial charge in [-0.2, -0.15) is 13.2 Å². The molecule has 1 heterocycles. The van der Waals surface area contributed by atoms with Gasteiger partial charge in [0.15, 0.2) is 0 Å². The summed E-state index contributed by atoms with van der Waals surface area (Å²) in [6, 6.07) is 3.99. The lowest BCUT2D eigenvalue weighted by Crippen LogP contribution is -2.26. The quantitative estimate of drug-likeness (QED) is 0.635. The molecule has 0 aliphatic rings. The molecule has 0 N–H and O–H groups in total. The molecular weight excluding hydrogens is 379 g/mol. The van der Waals surface area contributed by atoms with Crippen molar-refractivity contribution in [1.29, 1.82) is 0 Å². The Bertz CT molecular complexity index is 845. The van der Waals surface area contributed by atoms with Gasteiger partial charge in [0.05, 0.1) is 12.7 Å². The van der Waals surface area contributed by atoms with Crippen molar-refractivity contribution in [3.05, 3.63) is 34.2 Å². The van der Waals surface area contributed by atoms with Gasteiger partial charge in [-0.3, -0.25) is 4.79 Å². The number of esters is 1. The Morgan fingerprint density at radius 1 is 1.30 bits per heavy atom. The largest absolute Gasteiger partial charge is 0.465 e. The van der Waals surface area contributed by atoms with E-state index in [0.717, 1.165) is 17.4 Å². The number of hydrogen-bond donors (Lipinski definition) is 0. The highest BCUT2D eigenvalue weighted by atomic mass is 32.1. The van der Waals surface area contributed by atoms with E-state index >= 15 is 0 Å². The third kappa shape index (κ3) is 4.43. The molecule has 1 unspecified atom stereocenters. The molecule has 8 heteroatoms. The maximum atomic E-state index is 13.4. The summed E-state index contributed by atoms with van der Waals surface area (Å²) in [5.41, 5.74) is -0.176. The van der Waals surface area contributed by atoms with Crippen molar-refractivity contribution in [3.63, 3.8) is 0 Å². The zero-order valence-corrected chi connectivity index (χ0v) is 16.5. The van der Waals surface area contributed by atoms with Crippen molar-refractivity contribution >= 4 is 33.3 Å². The number of carbonyl (C=O) groups excluding carboxylic acids is 2. The molecule has 0 bridgehead atoms. The first-order valence-corrected chi connectivity index (χ1v) is 9.36. The van der Waals surface area contributed by atoms with Gasteiger partial charge in [-0.25, -0.2) is 4.79 Å². The van der Waals surface area contributed by atoms with E-state index in [0.29, 0.717) is 30.3 Å². The minimum absolute atomic E-state index is 0.0405. The number of rotatable bonds is 6. The number of thiophene rings is 1. The summed E-state index contributed by atoms with van der Waals surface area (Å²) in [5, 5.41) is 0.424. The molecule has 1 aromatic heterocycles. The minimum Gasteiger partial charge on any atom is -0.465 e. The zero-order valence-electron chi connectivity index (χ0n) is 15.6. The van der Waals surface area contributed by atoms with Crippen LogP contribution in [-0.4, -0.2) is 37.5 Å². The fourth-order valence-corrected chi connectivity index (χ4v) is 4.41. The number of methoxy groups -OCH3 is 1. The van der Waals surface area contributed by atoms with Crippen LogP contribution < -0.4 is 0 Å². The maximum Gasteiger partial charge on any atom is 0.417 e. The highest BCUT2D eigenvalue weighted by Gasteiger charge is 2.35. The first-order chi connectivity index (χ1) is 12.6. The minimum atomic E-state index is -4.51. The van der Waals surface area contributed by atoms with Crippen LogP contribution in [0.2, 0.25) is 0 Å². The van der Waals surface area contributed by atoms with Gasteiger partial charge >= 0.3 is 12.1 Å². The number of benzene rings is 1. The fraction of sp³-hybridized carbons (Fsp3) is 0.474. The van der Waals surface area contributed by atoms with Gasteiger partial charge in [0.2, 0.25) is 5.91 Å². The van der Waals surface area contributed by atoms with Crippen LogP contribution in [0.3, 0.4) is 0 Å². The lowest BCUT2D eigenvalue weighted by atomic mass is 9.90. The van der Waals surface area contributed by atoms with Crippen molar-refractivity contribution in [2.75, 3.05) is 20.7 Å². The Labute approximate surface area is 159 Å². The second-order valence-corrected chi connectivity index (χ2v) is 7.37. The van der Waals surface area contributed by atoms with Crippen LogP contribution in [0.4, 0.5) is 13.2 Å². The summed E-state index contributed by atoms with van der Waals surface area (Å²) >= 11 is 0.819. The molecular formula is C19H22F3NO3S. The second-order valence-electron chi connectivity index (χ2n) is 6.35. The molecule has 1 atom stereocenters. The van der Waals surface area contributed by atoms with Crippen molar-refractivity contribution in [1.82, 2.24) is 4.90 Å². The van der Waals surface area contributed by atoms with Crippen LogP contribution in [0.5, 0.6) is 0 Å². The number of hydrogen-bond acceptors (Lipinski definition) is 4. The molecule has 1 aromatic carbocycles. The number of amides is 1. The third-order valence-electron chi connectivity index (χ3n) is 4.68. The predicted octanol–water partition coefficient (Wildman–Crippen LogP) is 5.07. The van der Waals surface area contributed by atoms with Crippen LogP contribution in [0.15, 0.2) is 18.2 Å². The van der Waals surface area contributed by atoms with E-state index in [4.69, 9.17) is 4.74 Å². The number of alkyl halides is 3. The lowest BCUT2D eigenvalue weighted by Gasteiger charge is -2.21. The van der Waals surface area contributed by atoms with E-state index in [1.807, 2.05) is 6.92 Å². The molecule has 4 nitrogen and oxygen atoms in total. The first-order valence-electron chi connectivity index (χ1n) is 8.54. The monoisotopic (exact) mass is 401 g/mol. The summed E-state index contributed by atoms with van der Waals surface area (Å²) in [5.74, 6) is -0.900. The molecule has 0 saturated carbocycles. The summed E-state index contributed by atoms with van der Waals surface area (Å²) in [6.07, 6.45) is -3.35. The molecule has 0 fully saturated rings. The lowest BCUT2D eigenvalue weighted by molar-refractivity contribution is -0.136. The average Bonchev–Trinajstić information content (AvgIpc) is 3.00. The van der Waals surface area contributed by atoms with Gasteiger partial charge < -0.3 is 9.64 Å². The van der Waals surface area contributed by atoms with E-state index in [1.165, 1.54) is 20.1 Å². The number of nitrogens with zero attached hydrogens (tertiary/aromatic N) is 1. The van der Waals surface area contributed by atoms with E-state index in [1.54, 1.807) is 18.0 Å². The number of fused-ring (bicyclic) bond motifs is 1. The third-order valence-corrected chi connectivity index (χ3v) is 5.92. The zero-order chi connectivity index (χ0) is 20.4. The van der Waals surface area contributed by atoms with E-state index in [-0.39, 0.29) is 21.4 Å². The van der Waals surface area contributed by atoms with Gasteiger partial charge in [-0.15, -0.1) is 11.3 Å². The standard InChI is InChI=1S/C19H22F3NO3S/c1-5-12(9-10-23(3)11(2)24)15-13-7-6-8-14(19(20,21)22)16(13)27-17(15)18(25)26-4/h6-8,12H,5,9-10H2,1-4H3. The number of ether oxygens (including phenoxy) is 1. The Kier molecular flexibility index (Phi) is 6.51. The van der Waals surface area contributed by atoms with Crippen molar-refractivity contribution < 1.29 is 27.5 Å². The van der Waals surface area contributed by atoms with Crippen LogP contribution >= 0.6 is 11.3 Å². The van der Waals surface area contributed by atoms with Crippen LogP contribution in [0.25, 0.3) is 10.1 Å². The summed E-state index contributed by atoms with van der Waals surface area (Å²) in [6.45, 7) is 3.82. The van der Waals surface area contributed by atoms with Gasteiger partial charge in [-0.05, 0) is 35.8 Å². The van der Waals surface area contributed by atoms with Gasteiger partial charge in [0.25, 0.3) is 0 Å². The van der Waals surface area contributed by atoms with Crippen LogP contribution in [-0.2, 0) is 15.7 Å². The number of halogens is 3. The molecule has 0 aliphatic heterocycles. The Morgan fingerprint density at radius 3 is 2.48 bits per heavy atom. The molecule has 0 radical (unpaired) electrons. The number of carbonyl (C=O) groups is 2. The van der Waals surface area contributed by atoms with Gasteiger partial charge in [-0.1, -0.05) is 19.1 Å². The predicted molar refractivity (Wildman–Crippen MR) is 99.1 cm³/mol. The molecule has 2 rings (SSSR count). The second kappa shape index (κ2) is 8.29. The smallest absolute Gasteiger partial charge is 0.417 e. The highest BCUT2D eigenvalue weighted by Crippen LogP contribution is 2.44. The Morgan fingerprint density at radius 2 is 1.96 bits per heavy atom. The molecule has 0 aliphatic carbocycles. The highest BCUT2D eigenvalue weighted by molar-refractivity contribution is 7.21. The summed E-state index contributed by atoms with van der Waals surface area (Å²) in [7, 11) is 2.88. The average molecular weight is 401 g/mol. The molecule has 0 spiro atoms. The summed E-state index contributed by atoms with van der Waals surface area (Å²) < 4.78 is 45.1. The topological polar surface area (TPSA) is 46.6 Å². The Hall–Kier alpha value is -2.09. The molecule has 148 valence electrons. The van der Waals surface area contributed by atoms with Gasteiger partial charge in [0.1, 0.15) is 4.88 Å². The fourth-order valence-electron chi connectivity index (χ4n) is 3.07. The first kappa shape index (κ1) is 21.2. The SMILES string of the molecule is CCC(CCN(C)C(C)=O)c1c(C(=O)OC)sc2c(C(F)(F)F)cccc12. The van der Waals surface area contributed by atoms with E-state index in [2.05, 4.69) is 0 Å². The molecule has 2 aromatic rings. The van der Waals surface area contributed by atoms with Gasteiger partial charge in [0, 0.05) is 25.2 Å².